The van der Waals surface area contributed by atoms with E-state index in [4.69, 9.17) is 0 Å². The number of aryl methyl sites for hydroxylation is 3. The molecule has 0 aromatic carbocycles. The number of H-pyrrole nitrogens is 1. The molecule has 1 atom stereocenters. The highest BCUT2D eigenvalue weighted by Crippen LogP contribution is 2.20. The van der Waals surface area contributed by atoms with Gasteiger partial charge in [-0.2, -0.15) is 0 Å². The summed E-state index contributed by atoms with van der Waals surface area (Å²) in [5.41, 5.74) is 3.17. The highest BCUT2D eigenvalue weighted by Gasteiger charge is 2.17. The number of rotatable bonds is 5. The van der Waals surface area contributed by atoms with Crippen LogP contribution < -0.4 is 16.2 Å². The second kappa shape index (κ2) is 6.76. The van der Waals surface area contributed by atoms with Gasteiger partial charge in [-0.1, -0.05) is 0 Å². The van der Waals surface area contributed by atoms with Crippen LogP contribution >= 0.6 is 0 Å². The minimum absolute atomic E-state index is 0.0581. The van der Waals surface area contributed by atoms with Crippen molar-refractivity contribution in [2.75, 3.05) is 13.1 Å². The Hall–Kier alpha value is -2.15. The third-order valence-electron chi connectivity index (χ3n) is 4.98. The normalized spacial score (nSPS) is 17.5. The van der Waals surface area contributed by atoms with E-state index in [2.05, 4.69) is 20.7 Å². The monoisotopic (exact) mass is 331 g/mol. The molecule has 0 aliphatic carbocycles. The summed E-state index contributed by atoms with van der Waals surface area (Å²) in [5.74, 6) is 0.669. The Morgan fingerprint density at radius 3 is 2.92 bits per heavy atom. The molecular formula is C17H25N5O2. The Morgan fingerprint density at radius 2 is 2.21 bits per heavy atom. The average Bonchev–Trinajstić information content (AvgIpc) is 3.13. The molecule has 0 spiro atoms. The lowest BCUT2D eigenvalue weighted by Crippen LogP contribution is -2.24. The number of nitrogens with one attached hydrogen (secondary N) is 3. The van der Waals surface area contributed by atoms with Gasteiger partial charge in [0.1, 0.15) is 0 Å². The van der Waals surface area contributed by atoms with Crippen molar-refractivity contribution < 1.29 is 4.79 Å². The van der Waals surface area contributed by atoms with E-state index in [0.29, 0.717) is 29.9 Å². The molecule has 130 valence electrons. The Morgan fingerprint density at radius 1 is 1.42 bits per heavy atom. The first kappa shape index (κ1) is 16.7. The smallest absolute Gasteiger partial charge is 0.273 e. The van der Waals surface area contributed by atoms with E-state index < -0.39 is 0 Å². The molecule has 3 N–H and O–H groups in total. The van der Waals surface area contributed by atoms with Crippen LogP contribution in [0.4, 0.5) is 0 Å². The largest absolute Gasteiger partial charge is 0.352 e. The fourth-order valence-electron chi connectivity index (χ4n) is 3.48. The number of hydrogen-bond acceptors (Lipinski definition) is 4. The van der Waals surface area contributed by atoms with Crippen LogP contribution in [0.1, 0.15) is 36.1 Å². The van der Waals surface area contributed by atoms with Crippen molar-refractivity contribution >= 4 is 16.9 Å². The number of pyridine rings is 1. The van der Waals surface area contributed by atoms with Gasteiger partial charge in [-0.05, 0) is 56.8 Å². The van der Waals surface area contributed by atoms with E-state index in [1.807, 2.05) is 13.8 Å². The van der Waals surface area contributed by atoms with Crippen molar-refractivity contribution in [1.82, 2.24) is 25.4 Å². The molecule has 3 heterocycles. The van der Waals surface area contributed by atoms with E-state index in [1.54, 1.807) is 11.7 Å². The molecule has 1 fully saturated rings. The molecule has 24 heavy (non-hydrogen) atoms. The third-order valence-corrected chi connectivity index (χ3v) is 4.98. The van der Waals surface area contributed by atoms with Gasteiger partial charge < -0.3 is 10.6 Å². The average molecular weight is 331 g/mol. The van der Waals surface area contributed by atoms with Gasteiger partial charge >= 0.3 is 0 Å². The predicted octanol–water partition coefficient (Wildman–Crippen LogP) is 0.884. The topological polar surface area (TPSA) is 91.8 Å². The minimum Gasteiger partial charge on any atom is -0.352 e. The summed E-state index contributed by atoms with van der Waals surface area (Å²) in [4.78, 5) is 28.7. The summed E-state index contributed by atoms with van der Waals surface area (Å²) in [7, 11) is 1.77. The Labute approximate surface area is 140 Å². The van der Waals surface area contributed by atoms with E-state index >= 15 is 0 Å². The molecule has 0 bridgehead atoms. The Kier molecular flexibility index (Phi) is 4.71. The van der Waals surface area contributed by atoms with Crippen molar-refractivity contribution in [3.63, 3.8) is 0 Å². The summed E-state index contributed by atoms with van der Waals surface area (Å²) >= 11 is 0. The Bertz CT molecular complexity index is 814. The predicted molar refractivity (Wildman–Crippen MR) is 92.9 cm³/mol. The number of nitrogens with zero attached hydrogens (tertiary/aromatic N) is 2. The zero-order chi connectivity index (χ0) is 17.3. The number of carbonyl (C=O) groups is 1. The maximum Gasteiger partial charge on any atom is 0.273 e. The first-order chi connectivity index (χ1) is 11.5. The van der Waals surface area contributed by atoms with Crippen LogP contribution in [-0.4, -0.2) is 33.8 Å². The number of amides is 1. The second-order valence-corrected chi connectivity index (χ2v) is 6.67. The van der Waals surface area contributed by atoms with Gasteiger partial charge in [-0.25, -0.2) is 4.98 Å². The first-order valence-corrected chi connectivity index (χ1v) is 8.49. The van der Waals surface area contributed by atoms with Crippen molar-refractivity contribution in [1.29, 1.82) is 0 Å². The molecule has 7 nitrogen and oxygen atoms in total. The van der Waals surface area contributed by atoms with Gasteiger partial charge in [0.05, 0.1) is 5.39 Å². The van der Waals surface area contributed by atoms with E-state index in [1.165, 1.54) is 0 Å². The fourth-order valence-corrected chi connectivity index (χ4v) is 3.48. The summed E-state index contributed by atoms with van der Waals surface area (Å²) in [6.45, 7) is 6.31. The van der Waals surface area contributed by atoms with Crippen molar-refractivity contribution in [2.24, 2.45) is 13.0 Å². The van der Waals surface area contributed by atoms with Crippen LogP contribution in [0.15, 0.2) is 4.79 Å². The minimum atomic E-state index is -0.140. The first-order valence-electron chi connectivity index (χ1n) is 8.49. The lowest BCUT2D eigenvalue weighted by molar-refractivity contribution is -0.121. The number of aromatic amines is 1. The number of fused-ring (bicyclic) bond motifs is 1. The van der Waals surface area contributed by atoms with Crippen LogP contribution in [0.5, 0.6) is 0 Å². The zero-order valence-electron chi connectivity index (χ0n) is 14.5. The van der Waals surface area contributed by atoms with Crippen LogP contribution in [0.2, 0.25) is 0 Å². The maximum absolute atomic E-state index is 12.1. The summed E-state index contributed by atoms with van der Waals surface area (Å²) < 4.78 is 1.63. The second-order valence-electron chi connectivity index (χ2n) is 6.67. The molecular weight excluding hydrogens is 306 g/mol. The van der Waals surface area contributed by atoms with Gasteiger partial charge in [-0.15, -0.1) is 0 Å². The maximum atomic E-state index is 12.1. The molecule has 1 amide bonds. The highest BCUT2D eigenvalue weighted by molar-refractivity contribution is 5.80. The number of hydrogen-bond donors (Lipinski definition) is 3. The van der Waals surface area contributed by atoms with Gasteiger partial charge in [0, 0.05) is 25.7 Å². The van der Waals surface area contributed by atoms with Gasteiger partial charge in [0.15, 0.2) is 5.65 Å². The van der Waals surface area contributed by atoms with Gasteiger partial charge in [0.2, 0.25) is 5.91 Å². The number of carbonyl (C=O) groups excluding carboxylic acids is 1. The molecule has 1 aliphatic heterocycles. The molecule has 0 saturated carbocycles. The molecule has 1 saturated heterocycles. The van der Waals surface area contributed by atoms with Crippen molar-refractivity contribution in [2.45, 2.75) is 39.7 Å². The lowest BCUT2D eigenvalue weighted by atomic mass is 10.0. The van der Waals surface area contributed by atoms with E-state index in [0.717, 1.165) is 42.8 Å². The molecule has 1 aliphatic rings. The van der Waals surface area contributed by atoms with Crippen LogP contribution in [0.3, 0.4) is 0 Å². The van der Waals surface area contributed by atoms with Crippen molar-refractivity contribution in [3.05, 3.63) is 27.2 Å². The van der Waals surface area contributed by atoms with Crippen LogP contribution in [0.25, 0.3) is 11.0 Å². The quantitative estimate of drug-likeness (QED) is 0.758. The van der Waals surface area contributed by atoms with Gasteiger partial charge in [0.25, 0.3) is 5.56 Å². The molecule has 7 heteroatoms. The van der Waals surface area contributed by atoms with E-state index in [-0.39, 0.29) is 11.5 Å². The van der Waals surface area contributed by atoms with E-state index in [9.17, 15) is 9.59 Å². The highest BCUT2D eigenvalue weighted by atomic mass is 16.1. The number of aromatic nitrogens is 3. The zero-order valence-corrected chi connectivity index (χ0v) is 14.5. The SMILES string of the molecule is Cc1nc2c(c(C)c1CNC(=O)CCC1CCNC1)c(=O)[nH]n2C. The molecule has 0 radical (unpaired) electrons. The van der Waals surface area contributed by atoms with Crippen molar-refractivity contribution in [3.8, 4) is 0 Å². The standard InChI is InChI=1S/C17H25N5O2/c1-10-13(9-19-14(23)5-4-12-6-7-18-8-12)11(2)20-16-15(10)17(24)21-22(16)3/h12,18H,4-9H2,1-3H3,(H,19,23)(H,21,24). The third kappa shape index (κ3) is 3.21. The molecule has 1 unspecified atom stereocenters. The van der Waals surface area contributed by atoms with Crippen LogP contribution in [-0.2, 0) is 18.4 Å². The fraction of sp³-hybridized carbons (Fsp3) is 0.588. The summed E-state index contributed by atoms with van der Waals surface area (Å²) in [6.07, 6.45) is 2.63. The van der Waals surface area contributed by atoms with Gasteiger partial charge in [-0.3, -0.25) is 19.4 Å². The lowest BCUT2D eigenvalue weighted by Gasteiger charge is -2.12. The summed E-state index contributed by atoms with van der Waals surface area (Å²) in [5, 5.41) is 9.63. The molecule has 2 aromatic heterocycles. The van der Waals surface area contributed by atoms with Crippen LogP contribution in [0, 0.1) is 19.8 Å². The molecule has 3 rings (SSSR count). The summed E-state index contributed by atoms with van der Waals surface area (Å²) in [6, 6.07) is 0. The molecule has 2 aromatic rings. The Balaban J connectivity index is 1.69.